The molecule has 0 saturated carbocycles. The summed E-state index contributed by atoms with van der Waals surface area (Å²) in [4.78, 5) is 3.54. The van der Waals surface area contributed by atoms with Gasteiger partial charge in [0.1, 0.15) is 5.75 Å². The van der Waals surface area contributed by atoms with Crippen LogP contribution in [-0.4, -0.2) is 16.9 Å². The number of aromatic nitrogens is 2. The molecule has 0 atom stereocenters. The maximum Gasteiger partial charge on any atom is 0.237 e. The summed E-state index contributed by atoms with van der Waals surface area (Å²) in [5.41, 5.74) is 2.18. The number of rotatable bonds is 2. The summed E-state index contributed by atoms with van der Waals surface area (Å²) in [5.74, 6) is 0.575. The highest BCUT2D eigenvalue weighted by molar-refractivity contribution is 9.10. The third-order valence-corrected chi connectivity index (χ3v) is 3.06. The van der Waals surface area contributed by atoms with Gasteiger partial charge in [0.25, 0.3) is 0 Å². The lowest BCUT2D eigenvalue weighted by atomic mass is 10.1. The van der Waals surface area contributed by atoms with Crippen LogP contribution in [0.15, 0.2) is 28.9 Å². The molecule has 0 aliphatic rings. The van der Waals surface area contributed by atoms with Crippen molar-refractivity contribution < 1.29 is 4.74 Å². The fourth-order valence-electron chi connectivity index (χ4n) is 1.71. The Hall–Kier alpha value is -1.80. The standard InChI is InChI=1S/C12H10BrN3O/c1-14-11-8(5-4-6-10(11)17-3)12-9(13)7-15-16(12)2/h4-7H,2-3H3. The van der Waals surface area contributed by atoms with E-state index in [0.29, 0.717) is 11.4 Å². The first-order valence-corrected chi connectivity index (χ1v) is 5.70. The van der Waals surface area contributed by atoms with E-state index in [0.717, 1.165) is 15.7 Å². The van der Waals surface area contributed by atoms with Crippen molar-refractivity contribution in [3.8, 4) is 17.0 Å². The zero-order chi connectivity index (χ0) is 12.4. The van der Waals surface area contributed by atoms with Crippen LogP contribution < -0.4 is 4.74 Å². The SMILES string of the molecule is [C-]#[N+]c1c(OC)cccc1-c1c(Br)cnn1C. The molecule has 1 aromatic carbocycles. The summed E-state index contributed by atoms with van der Waals surface area (Å²) in [6.07, 6.45) is 1.71. The van der Waals surface area contributed by atoms with Gasteiger partial charge in [0.05, 0.1) is 30.0 Å². The van der Waals surface area contributed by atoms with Crippen molar-refractivity contribution in [3.05, 3.63) is 40.3 Å². The highest BCUT2D eigenvalue weighted by Gasteiger charge is 2.16. The van der Waals surface area contributed by atoms with E-state index in [4.69, 9.17) is 11.3 Å². The Morgan fingerprint density at radius 2 is 2.24 bits per heavy atom. The first-order valence-electron chi connectivity index (χ1n) is 4.91. The maximum absolute atomic E-state index is 7.27. The van der Waals surface area contributed by atoms with Gasteiger partial charge < -0.3 is 4.74 Å². The number of para-hydroxylation sites is 1. The molecule has 2 rings (SSSR count). The van der Waals surface area contributed by atoms with Crippen LogP contribution in [0.25, 0.3) is 16.1 Å². The molecular weight excluding hydrogens is 282 g/mol. The Balaban J connectivity index is 2.73. The minimum Gasteiger partial charge on any atom is -0.508 e. The van der Waals surface area contributed by atoms with Crippen molar-refractivity contribution in [1.29, 1.82) is 0 Å². The van der Waals surface area contributed by atoms with Gasteiger partial charge in [0.2, 0.25) is 5.69 Å². The Bertz CT molecular complexity index is 579. The van der Waals surface area contributed by atoms with E-state index >= 15 is 0 Å². The molecule has 0 bridgehead atoms. The van der Waals surface area contributed by atoms with E-state index < -0.39 is 0 Å². The number of ether oxygens (including phenoxy) is 1. The van der Waals surface area contributed by atoms with Crippen LogP contribution in [0.2, 0.25) is 0 Å². The molecule has 0 aliphatic carbocycles. The van der Waals surface area contributed by atoms with Crippen molar-refractivity contribution in [3.63, 3.8) is 0 Å². The monoisotopic (exact) mass is 291 g/mol. The highest BCUT2D eigenvalue weighted by Crippen LogP contribution is 2.40. The fourth-order valence-corrected chi connectivity index (χ4v) is 2.27. The second-order valence-electron chi connectivity index (χ2n) is 3.43. The number of hydrogen-bond donors (Lipinski definition) is 0. The number of benzene rings is 1. The van der Waals surface area contributed by atoms with E-state index in [9.17, 15) is 0 Å². The quantitative estimate of drug-likeness (QED) is 0.794. The molecule has 0 unspecified atom stereocenters. The smallest absolute Gasteiger partial charge is 0.237 e. The van der Waals surface area contributed by atoms with Crippen molar-refractivity contribution >= 4 is 21.6 Å². The molecule has 1 heterocycles. The zero-order valence-corrected chi connectivity index (χ0v) is 11.0. The molecule has 0 fully saturated rings. The molecule has 5 heteroatoms. The second-order valence-corrected chi connectivity index (χ2v) is 4.29. The molecule has 2 aromatic rings. The summed E-state index contributed by atoms with van der Waals surface area (Å²) in [7, 11) is 3.40. The van der Waals surface area contributed by atoms with Crippen LogP contribution in [0.3, 0.4) is 0 Å². The largest absolute Gasteiger partial charge is 0.508 e. The average Bonchev–Trinajstić information content (AvgIpc) is 2.68. The van der Waals surface area contributed by atoms with Gasteiger partial charge in [0, 0.05) is 12.6 Å². The zero-order valence-electron chi connectivity index (χ0n) is 9.44. The predicted molar refractivity (Wildman–Crippen MR) is 69.2 cm³/mol. The van der Waals surface area contributed by atoms with Crippen molar-refractivity contribution in [2.24, 2.45) is 7.05 Å². The Morgan fingerprint density at radius 1 is 1.47 bits per heavy atom. The third kappa shape index (κ3) is 1.92. The van der Waals surface area contributed by atoms with E-state index in [-0.39, 0.29) is 0 Å². The lowest BCUT2D eigenvalue weighted by Gasteiger charge is -2.09. The number of hydrogen-bond acceptors (Lipinski definition) is 2. The van der Waals surface area contributed by atoms with E-state index in [2.05, 4.69) is 25.9 Å². The molecule has 86 valence electrons. The van der Waals surface area contributed by atoms with Crippen LogP contribution in [0.5, 0.6) is 5.75 Å². The predicted octanol–water partition coefficient (Wildman–Crippen LogP) is 3.41. The van der Waals surface area contributed by atoms with Crippen LogP contribution in [0.4, 0.5) is 5.69 Å². The van der Waals surface area contributed by atoms with Crippen molar-refractivity contribution in [1.82, 2.24) is 9.78 Å². The van der Waals surface area contributed by atoms with Crippen LogP contribution in [-0.2, 0) is 7.05 Å². The first kappa shape index (κ1) is 11.7. The van der Waals surface area contributed by atoms with Gasteiger partial charge in [-0.1, -0.05) is 12.1 Å². The average molecular weight is 292 g/mol. The van der Waals surface area contributed by atoms with Crippen molar-refractivity contribution in [2.75, 3.05) is 7.11 Å². The second kappa shape index (κ2) is 4.60. The highest BCUT2D eigenvalue weighted by atomic mass is 79.9. The lowest BCUT2D eigenvalue weighted by molar-refractivity contribution is 0.417. The summed E-state index contributed by atoms with van der Waals surface area (Å²) >= 11 is 3.44. The molecule has 0 radical (unpaired) electrons. The molecule has 0 amide bonds. The van der Waals surface area contributed by atoms with Gasteiger partial charge in [-0.15, -0.1) is 0 Å². The third-order valence-electron chi connectivity index (χ3n) is 2.48. The minimum atomic E-state index is 0.499. The van der Waals surface area contributed by atoms with Gasteiger partial charge in [0.15, 0.2) is 0 Å². The Labute approximate surface area is 108 Å². The summed E-state index contributed by atoms with van der Waals surface area (Å²) in [6, 6.07) is 5.53. The molecule has 0 N–H and O–H groups in total. The molecule has 4 nitrogen and oxygen atoms in total. The number of aryl methyl sites for hydroxylation is 1. The first-order chi connectivity index (χ1) is 8.19. The Kier molecular flexibility index (Phi) is 3.16. The van der Waals surface area contributed by atoms with Gasteiger partial charge >= 0.3 is 0 Å². The van der Waals surface area contributed by atoms with Crippen molar-refractivity contribution in [2.45, 2.75) is 0 Å². The van der Waals surface area contributed by atoms with E-state index in [1.54, 1.807) is 24.1 Å². The normalized spacial score (nSPS) is 10.0. The molecular formula is C12H10BrN3O. The molecule has 0 aliphatic heterocycles. The fraction of sp³-hybridized carbons (Fsp3) is 0.167. The van der Waals surface area contributed by atoms with E-state index in [1.807, 2.05) is 19.2 Å². The number of nitrogens with zero attached hydrogens (tertiary/aromatic N) is 3. The molecule has 17 heavy (non-hydrogen) atoms. The van der Waals surface area contributed by atoms with Gasteiger partial charge in [-0.3, -0.25) is 4.68 Å². The van der Waals surface area contributed by atoms with Crippen LogP contribution >= 0.6 is 15.9 Å². The summed E-state index contributed by atoms with van der Waals surface area (Å²) < 4.78 is 7.79. The number of halogens is 1. The van der Waals surface area contributed by atoms with Gasteiger partial charge in [-0.25, -0.2) is 4.85 Å². The van der Waals surface area contributed by atoms with Crippen LogP contribution in [0, 0.1) is 6.57 Å². The van der Waals surface area contributed by atoms with Crippen LogP contribution in [0.1, 0.15) is 0 Å². The summed E-state index contributed by atoms with van der Waals surface area (Å²) in [6.45, 7) is 7.27. The van der Waals surface area contributed by atoms with Gasteiger partial charge in [-0.2, -0.15) is 5.10 Å². The van der Waals surface area contributed by atoms with Gasteiger partial charge in [-0.05, 0) is 22.0 Å². The molecule has 1 aromatic heterocycles. The minimum absolute atomic E-state index is 0.499. The maximum atomic E-state index is 7.27. The lowest BCUT2D eigenvalue weighted by Crippen LogP contribution is -1.94. The molecule has 0 spiro atoms. The number of methoxy groups -OCH3 is 1. The van der Waals surface area contributed by atoms with E-state index in [1.165, 1.54) is 0 Å². The topological polar surface area (TPSA) is 31.4 Å². The Morgan fingerprint density at radius 3 is 2.76 bits per heavy atom. The molecule has 0 saturated heterocycles. The summed E-state index contributed by atoms with van der Waals surface area (Å²) in [5, 5.41) is 4.15.